The molecule has 4 atom stereocenters. The fraction of sp³-hybridized carbons (Fsp3) is 0.500. The third-order valence-electron chi connectivity index (χ3n) is 7.15. The summed E-state index contributed by atoms with van der Waals surface area (Å²) in [5.74, 6) is 2.62. The van der Waals surface area contributed by atoms with Crippen molar-refractivity contribution in [1.82, 2.24) is 5.32 Å². The minimum atomic E-state index is 0.0101. The summed E-state index contributed by atoms with van der Waals surface area (Å²) in [4.78, 5) is 13.6. The third kappa shape index (κ3) is 3.85. The normalized spacial score (nSPS) is 28.8. The molecule has 30 heavy (non-hydrogen) atoms. The first-order valence-corrected chi connectivity index (χ1v) is 10.9. The van der Waals surface area contributed by atoms with E-state index in [0.29, 0.717) is 11.7 Å². The van der Waals surface area contributed by atoms with Gasteiger partial charge in [-0.05, 0) is 59.6 Å². The molecule has 4 heteroatoms. The van der Waals surface area contributed by atoms with E-state index in [9.17, 15) is 4.79 Å². The molecule has 0 radical (unpaired) electrons. The van der Waals surface area contributed by atoms with Crippen LogP contribution in [-0.4, -0.2) is 20.0 Å². The van der Waals surface area contributed by atoms with E-state index in [2.05, 4.69) is 50.4 Å². The van der Waals surface area contributed by atoms with E-state index < -0.39 is 0 Å². The number of methoxy groups -OCH3 is 2. The van der Waals surface area contributed by atoms with Crippen LogP contribution in [-0.2, 0) is 4.79 Å². The number of carbonyl (C=O) groups excluding carboxylic acids is 1. The Bertz CT molecular complexity index is 816. The van der Waals surface area contributed by atoms with Crippen LogP contribution in [0, 0.1) is 23.2 Å². The summed E-state index contributed by atoms with van der Waals surface area (Å²) < 4.78 is 10.7. The Balaban J connectivity index is 1.73. The van der Waals surface area contributed by atoms with Gasteiger partial charge in [-0.25, -0.2) is 0 Å². The highest BCUT2D eigenvalue weighted by Gasteiger charge is 2.51. The molecule has 160 valence electrons. The Hall–Kier alpha value is -2.33. The molecule has 0 aromatic heterocycles. The van der Waals surface area contributed by atoms with Crippen LogP contribution >= 0.6 is 0 Å². The lowest BCUT2D eigenvalue weighted by molar-refractivity contribution is -0.139. The number of hydrogen-bond acceptors (Lipinski definition) is 4. The van der Waals surface area contributed by atoms with Gasteiger partial charge in [0.1, 0.15) is 17.3 Å². The molecule has 1 saturated carbocycles. The molecule has 1 aliphatic heterocycles. The number of piperidine rings is 1. The Morgan fingerprint density at radius 1 is 0.767 bits per heavy atom. The van der Waals surface area contributed by atoms with Gasteiger partial charge in [0, 0.05) is 23.9 Å². The van der Waals surface area contributed by atoms with Crippen molar-refractivity contribution in [3.63, 3.8) is 0 Å². The molecule has 2 aromatic carbocycles. The highest BCUT2D eigenvalue weighted by atomic mass is 16.5. The summed E-state index contributed by atoms with van der Waals surface area (Å²) in [5.41, 5.74) is 2.49. The lowest BCUT2D eigenvalue weighted by Crippen LogP contribution is -2.53. The average Bonchev–Trinajstić information content (AvgIpc) is 2.73. The van der Waals surface area contributed by atoms with Crippen LogP contribution in [0.25, 0.3) is 0 Å². The van der Waals surface area contributed by atoms with Gasteiger partial charge < -0.3 is 14.8 Å². The zero-order chi connectivity index (χ0) is 21.5. The van der Waals surface area contributed by atoms with Crippen LogP contribution < -0.4 is 14.8 Å². The second-order valence-corrected chi connectivity index (χ2v) is 9.82. The summed E-state index contributed by atoms with van der Waals surface area (Å²) in [6, 6.07) is 16.3. The maximum Gasteiger partial charge on any atom is 0.142 e. The van der Waals surface area contributed by atoms with Crippen molar-refractivity contribution >= 4 is 5.78 Å². The van der Waals surface area contributed by atoms with Crippen molar-refractivity contribution in [3.8, 4) is 11.5 Å². The zero-order valence-corrected chi connectivity index (χ0v) is 18.6. The van der Waals surface area contributed by atoms with Crippen molar-refractivity contribution in [3.05, 3.63) is 59.7 Å². The van der Waals surface area contributed by atoms with Gasteiger partial charge in [-0.2, -0.15) is 0 Å². The SMILES string of the molecule is COc1ccc(C2NC(c3ccc(OC)cc3)C3CC(C(C)(C)C)CC2C3=O)cc1. The summed E-state index contributed by atoms with van der Waals surface area (Å²) in [5, 5.41) is 3.86. The van der Waals surface area contributed by atoms with Crippen LogP contribution in [0.4, 0.5) is 0 Å². The number of carbonyl (C=O) groups is 1. The van der Waals surface area contributed by atoms with E-state index in [1.165, 1.54) is 0 Å². The quantitative estimate of drug-likeness (QED) is 0.742. The summed E-state index contributed by atoms with van der Waals surface area (Å²) >= 11 is 0. The highest BCUT2D eigenvalue weighted by Crippen LogP contribution is 2.51. The zero-order valence-electron chi connectivity index (χ0n) is 18.6. The minimum absolute atomic E-state index is 0.0101. The van der Waals surface area contributed by atoms with E-state index in [1.807, 2.05) is 24.3 Å². The summed E-state index contributed by atoms with van der Waals surface area (Å²) in [6.45, 7) is 6.92. The van der Waals surface area contributed by atoms with Crippen molar-refractivity contribution in [2.24, 2.45) is 23.2 Å². The maximum atomic E-state index is 13.6. The fourth-order valence-corrected chi connectivity index (χ4v) is 5.23. The predicted octanol–water partition coefficient (Wildman–Crippen LogP) is 5.35. The second-order valence-electron chi connectivity index (χ2n) is 9.82. The first kappa shape index (κ1) is 20.9. The molecule has 4 nitrogen and oxygen atoms in total. The van der Waals surface area contributed by atoms with Crippen molar-refractivity contribution in [1.29, 1.82) is 0 Å². The monoisotopic (exact) mass is 407 g/mol. The molecule has 2 aliphatic rings. The molecule has 1 aliphatic carbocycles. The molecule has 4 rings (SSSR count). The van der Waals surface area contributed by atoms with E-state index >= 15 is 0 Å². The van der Waals surface area contributed by atoms with E-state index in [-0.39, 0.29) is 29.3 Å². The van der Waals surface area contributed by atoms with Crippen LogP contribution in [0.1, 0.15) is 56.8 Å². The maximum absolute atomic E-state index is 13.6. The molecule has 0 amide bonds. The van der Waals surface area contributed by atoms with Crippen LogP contribution in [0.3, 0.4) is 0 Å². The Labute approximate surface area is 180 Å². The number of nitrogens with one attached hydrogen (secondary N) is 1. The summed E-state index contributed by atoms with van der Waals surface area (Å²) in [7, 11) is 3.35. The molecule has 1 N–H and O–H groups in total. The van der Waals surface area contributed by atoms with E-state index in [4.69, 9.17) is 9.47 Å². The van der Waals surface area contributed by atoms with Crippen molar-refractivity contribution < 1.29 is 14.3 Å². The molecule has 1 saturated heterocycles. The van der Waals surface area contributed by atoms with Gasteiger partial charge in [0.2, 0.25) is 0 Å². The average molecular weight is 408 g/mol. The fourth-order valence-electron chi connectivity index (χ4n) is 5.23. The number of ether oxygens (including phenoxy) is 2. The molecule has 2 bridgehead atoms. The predicted molar refractivity (Wildman–Crippen MR) is 119 cm³/mol. The summed E-state index contributed by atoms with van der Waals surface area (Å²) in [6.07, 6.45) is 1.88. The first-order valence-electron chi connectivity index (χ1n) is 10.9. The lowest BCUT2D eigenvalue weighted by atomic mass is 9.59. The number of benzene rings is 2. The molecule has 1 heterocycles. The minimum Gasteiger partial charge on any atom is -0.497 e. The second kappa shape index (κ2) is 8.07. The third-order valence-corrected chi connectivity index (χ3v) is 7.15. The van der Waals surface area contributed by atoms with Crippen LogP contribution in [0.2, 0.25) is 0 Å². The molecule has 0 spiro atoms. The highest BCUT2D eigenvalue weighted by molar-refractivity contribution is 5.87. The molecular formula is C26H33NO3. The molecule has 2 aromatic rings. The van der Waals surface area contributed by atoms with Gasteiger partial charge in [0.25, 0.3) is 0 Å². The number of rotatable bonds is 4. The van der Waals surface area contributed by atoms with Crippen LogP contribution in [0.15, 0.2) is 48.5 Å². The van der Waals surface area contributed by atoms with Crippen LogP contribution in [0.5, 0.6) is 11.5 Å². The first-order chi connectivity index (χ1) is 14.3. The van der Waals surface area contributed by atoms with E-state index in [1.54, 1.807) is 14.2 Å². The smallest absolute Gasteiger partial charge is 0.142 e. The molecule has 2 fully saturated rings. The van der Waals surface area contributed by atoms with Gasteiger partial charge in [-0.1, -0.05) is 45.0 Å². The van der Waals surface area contributed by atoms with Gasteiger partial charge in [-0.3, -0.25) is 4.79 Å². The standard InChI is InChI=1S/C26H33NO3/c1-26(2,3)18-14-21-23(16-6-10-19(29-4)11-7-16)27-24(22(15-18)25(21)28)17-8-12-20(30-5)13-9-17/h6-13,18,21-24,27H,14-15H2,1-5H3. The Morgan fingerprint density at radius 3 is 1.50 bits per heavy atom. The number of hydrogen-bond donors (Lipinski definition) is 1. The number of Topliss-reactive ketones (excluding diaryl/α,β-unsaturated/α-hetero) is 1. The van der Waals surface area contributed by atoms with Gasteiger partial charge in [0.15, 0.2) is 0 Å². The topological polar surface area (TPSA) is 47.6 Å². The van der Waals surface area contributed by atoms with Crippen molar-refractivity contribution in [2.45, 2.75) is 45.7 Å². The molecule has 4 unspecified atom stereocenters. The Kier molecular flexibility index (Phi) is 5.63. The number of fused-ring (bicyclic) bond motifs is 2. The van der Waals surface area contributed by atoms with E-state index in [0.717, 1.165) is 35.5 Å². The molecular weight excluding hydrogens is 374 g/mol. The van der Waals surface area contributed by atoms with Gasteiger partial charge in [0.05, 0.1) is 14.2 Å². The largest absolute Gasteiger partial charge is 0.497 e. The van der Waals surface area contributed by atoms with Gasteiger partial charge in [-0.15, -0.1) is 0 Å². The lowest BCUT2D eigenvalue weighted by Gasteiger charge is -2.50. The van der Waals surface area contributed by atoms with Gasteiger partial charge >= 0.3 is 0 Å². The van der Waals surface area contributed by atoms with Crippen molar-refractivity contribution in [2.75, 3.05) is 14.2 Å². The number of ketones is 1. The Morgan fingerprint density at radius 2 is 1.17 bits per heavy atom.